The zero-order chi connectivity index (χ0) is 23.9. The average Bonchev–Trinajstić information content (AvgIpc) is 3.24. The summed E-state index contributed by atoms with van der Waals surface area (Å²) in [4.78, 5) is 12.6. The number of rotatable bonds is 9. The van der Waals surface area contributed by atoms with Gasteiger partial charge in [-0.1, -0.05) is 42.1 Å². The Bertz CT molecular complexity index is 1280. The molecule has 3 N–H and O–H groups in total. The van der Waals surface area contributed by atoms with Gasteiger partial charge in [-0.2, -0.15) is 0 Å². The fraction of sp³-hybridized carbons (Fsp3) is 0.125. The normalized spacial score (nSPS) is 10.5. The van der Waals surface area contributed by atoms with Crippen LogP contribution >= 0.6 is 11.8 Å². The van der Waals surface area contributed by atoms with Gasteiger partial charge in [0.2, 0.25) is 11.1 Å². The molecule has 4 rings (SSSR count). The highest BCUT2D eigenvalue weighted by atomic mass is 32.2. The van der Waals surface area contributed by atoms with Crippen LogP contribution in [0.4, 0.5) is 5.69 Å². The fourth-order valence-corrected chi connectivity index (χ4v) is 3.79. The second-order valence-electron chi connectivity index (χ2n) is 6.99. The van der Waals surface area contributed by atoms with Gasteiger partial charge in [0, 0.05) is 6.07 Å². The van der Waals surface area contributed by atoms with E-state index in [1.165, 1.54) is 16.4 Å². The van der Waals surface area contributed by atoms with Crippen LogP contribution < -0.4 is 25.4 Å². The van der Waals surface area contributed by atoms with Crippen LogP contribution in [0.1, 0.15) is 0 Å². The van der Waals surface area contributed by atoms with Crippen LogP contribution in [0.2, 0.25) is 0 Å². The first-order valence-electron chi connectivity index (χ1n) is 10.3. The lowest BCUT2D eigenvalue weighted by Gasteiger charge is -2.12. The highest BCUT2D eigenvalue weighted by Gasteiger charge is 2.18. The number of nitrogens with two attached hydrogens (primary N) is 1. The van der Waals surface area contributed by atoms with Gasteiger partial charge in [0.1, 0.15) is 17.2 Å². The second kappa shape index (κ2) is 10.6. The van der Waals surface area contributed by atoms with Crippen LogP contribution in [0, 0.1) is 0 Å². The minimum atomic E-state index is -0.235. The summed E-state index contributed by atoms with van der Waals surface area (Å²) in [5.74, 6) is 8.87. The Balaban J connectivity index is 1.43. The van der Waals surface area contributed by atoms with Gasteiger partial charge in [-0.3, -0.25) is 4.79 Å². The van der Waals surface area contributed by atoms with E-state index in [0.29, 0.717) is 45.2 Å². The summed E-state index contributed by atoms with van der Waals surface area (Å²) in [5.41, 5.74) is 1.22. The van der Waals surface area contributed by atoms with Gasteiger partial charge in [0.15, 0.2) is 11.6 Å². The first-order chi connectivity index (χ1) is 16.6. The van der Waals surface area contributed by atoms with Crippen molar-refractivity contribution in [3.63, 3.8) is 0 Å². The first kappa shape index (κ1) is 23.0. The van der Waals surface area contributed by atoms with E-state index < -0.39 is 0 Å². The number of amides is 1. The SMILES string of the molecule is COc1ccc(-c2nnc(SCC(=O)Nc3ccccc3Oc3ccccc3)n2N)c(OC)c1. The number of benzene rings is 3. The van der Waals surface area contributed by atoms with E-state index in [-0.39, 0.29) is 11.7 Å². The topological polar surface area (TPSA) is 114 Å². The smallest absolute Gasteiger partial charge is 0.234 e. The van der Waals surface area contributed by atoms with Crippen molar-refractivity contribution in [3.8, 4) is 34.4 Å². The third-order valence-electron chi connectivity index (χ3n) is 4.78. The number of para-hydroxylation sites is 3. The Morgan fingerprint density at radius 1 is 0.941 bits per heavy atom. The van der Waals surface area contributed by atoms with Crippen molar-refractivity contribution in [3.05, 3.63) is 72.8 Å². The van der Waals surface area contributed by atoms with Gasteiger partial charge in [-0.25, -0.2) is 4.68 Å². The Morgan fingerprint density at radius 2 is 1.71 bits per heavy atom. The largest absolute Gasteiger partial charge is 0.497 e. The second-order valence-corrected chi connectivity index (χ2v) is 7.93. The summed E-state index contributed by atoms with van der Waals surface area (Å²) in [7, 11) is 3.13. The number of nitrogens with one attached hydrogen (secondary N) is 1. The molecule has 1 amide bonds. The predicted octanol–water partition coefficient (Wildman–Crippen LogP) is 4.20. The van der Waals surface area contributed by atoms with E-state index in [4.69, 9.17) is 20.1 Å². The Hall–Kier alpha value is -4.18. The molecule has 0 fully saturated rings. The predicted molar refractivity (Wildman–Crippen MR) is 131 cm³/mol. The van der Waals surface area contributed by atoms with Crippen molar-refractivity contribution >= 4 is 23.4 Å². The number of nitrogen functional groups attached to an aromatic ring is 1. The minimum absolute atomic E-state index is 0.0781. The molecule has 0 saturated heterocycles. The molecule has 0 aliphatic carbocycles. The van der Waals surface area contributed by atoms with Crippen molar-refractivity contribution < 1.29 is 19.0 Å². The van der Waals surface area contributed by atoms with Crippen molar-refractivity contribution in [1.82, 2.24) is 14.9 Å². The van der Waals surface area contributed by atoms with E-state index >= 15 is 0 Å². The third-order valence-corrected chi connectivity index (χ3v) is 5.72. The average molecular weight is 478 g/mol. The van der Waals surface area contributed by atoms with Gasteiger partial charge in [-0.05, 0) is 36.4 Å². The molecule has 174 valence electrons. The van der Waals surface area contributed by atoms with Crippen LogP contribution in [0.25, 0.3) is 11.4 Å². The molecule has 1 aromatic heterocycles. The van der Waals surface area contributed by atoms with Crippen LogP contribution in [0.15, 0.2) is 78.0 Å². The number of aromatic nitrogens is 3. The number of thioether (sulfide) groups is 1. The number of carbonyl (C=O) groups excluding carboxylic acids is 1. The zero-order valence-corrected chi connectivity index (χ0v) is 19.4. The number of nitrogens with zero attached hydrogens (tertiary/aromatic N) is 3. The van der Waals surface area contributed by atoms with Gasteiger partial charge in [0.25, 0.3) is 0 Å². The van der Waals surface area contributed by atoms with E-state index in [1.54, 1.807) is 44.6 Å². The number of anilines is 1. The summed E-state index contributed by atoms with van der Waals surface area (Å²) in [6.07, 6.45) is 0. The highest BCUT2D eigenvalue weighted by molar-refractivity contribution is 7.99. The van der Waals surface area contributed by atoms with E-state index in [9.17, 15) is 4.79 Å². The Morgan fingerprint density at radius 3 is 2.47 bits per heavy atom. The van der Waals surface area contributed by atoms with Crippen molar-refractivity contribution in [2.45, 2.75) is 5.16 Å². The Kier molecular flexibility index (Phi) is 7.19. The van der Waals surface area contributed by atoms with Crippen molar-refractivity contribution in [2.75, 3.05) is 31.1 Å². The number of methoxy groups -OCH3 is 2. The molecule has 3 aromatic carbocycles. The summed E-state index contributed by atoms with van der Waals surface area (Å²) in [6, 6.07) is 21.9. The molecule has 0 aliphatic heterocycles. The molecule has 1 heterocycles. The minimum Gasteiger partial charge on any atom is -0.497 e. The molecule has 0 bridgehead atoms. The van der Waals surface area contributed by atoms with Crippen molar-refractivity contribution in [1.29, 1.82) is 0 Å². The summed E-state index contributed by atoms with van der Waals surface area (Å²) in [6.45, 7) is 0. The molecule has 10 heteroatoms. The molecule has 9 nitrogen and oxygen atoms in total. The lowest BCUT2D eigenvalue weighted by molar-refractivity contribution is -0.113. The maximum Gasteiger partial charge on any atom is 0.234 e. The van der Waals surface area contributed by atoms with Gasteiger partial charge >= 0.3 is 0 Å². The molecule has 34 heavy (non-hydrogen) atoms. The lowest BCUT2D eigenvalue weighted by atomic mass is 10.2. The number of hydrogen-bond acceptors (Lipinski definition) is 8. The standard InChI is InChI=1S/C24H23N5O4S/c1-31-17-12-13-18(21(14-17)32-2)23-27-28-24(29(23)25)34-15-22(30)26-19-10-6-7-11-20(19)33-16-8-4-3-5-9-16/h3-14H,15,25H2,1-2H3,(H,26,30). The van der Waals surface area contributed by atoms with Crippen LogP contribution in [-0.4, -0.2) is 40.8 Å². The third kappa shape index (κ3) is 5.24. The lowest BCUT2D eigenvalue weighted by Crippen LogP contribution is -2.17. The van der Waals surface area contributed by atoms with Crippen LogP contribution in [-0.2, 0) is 4.79 Å². The van der Waals surface area contributed by atoms with Crippen LogP contribution in [0.5, 0.6) is 23.0 Å². The number of hydrogen-bond donors (Lipinski definition) is 2. The summed E-state index contributed by atoms with van der Waals surface area (Å²) >= 11 is 1.17. The van der Waals surface area contributed by atoms with Gasteiger partial charge in [0.05, 0.1) is 31.2 Å². The molecule has 0 atom stereocenters. The fourth-order valence-electron chi connectivity index (χ4n) is 3.13. The first-order valence-corrected chi connectivity index (χ1v) is 11.2. The molecular weight excluding hydrogens is 454 g/mol. The Labute approximate surface area is 200 Å². The zero-order valence-electron chi connectivity index (χ0n) is 18.6. The van der Waals surface area contributed by atoms with E-state index in [1.807, 2.05) is 42.5 Å². The molecular formula is C24H23N5O4S. The number of ether oxygens (including phenoxy) is 3. The summed E-state index contributed by atoms with van der Waals surface area (Å²) < 4.78 is 17.9. The summed E-state index contributed by atoms with van der Waals surface area (Å²) in [5, 5.41) is 11.5. The number of carbonyl (C=O) groups is 1. The molecule has 4 aromatic rings. The van der Waals surface area contributed by atoms with Gasteiger partial charge < -0.3 is 25.4 Å². The van der Waals surface area contributed by atoms with Crippen LogP contribution in [0.3, 0.4) is 0 Å². The molecule has 0 aliphatic rings. The molecule has 0 saturated carbocycles. The maximum absolute atomic E-state index is 12.6. The molecule has 0 spiro atoms. The quantitative estimate of drug-likeness (QED) is 0.272. The van der Waals surface area contributed by atoms with Gasteiger partial charge in [-0.15, -0.1) is 10.2 Å². The molecule has 0 unspecified atom stereocenters. The van der Waals surface area contributed by atoms with E-state index in [0.717, 1.165) is 0 Å². The van der Waals surface area contributed by atoms with Crippen molar-refractivity contribution in [2.24, 2.45) is 0 Å². The highest BCUT2D eigenvalue weighted by Crippen LogP contribution is 2.33. The maximum atomic E-state index is 12.6. The monoisotopic (exact) mass is 477 g/mol. The molecule has 0 radical (unpaired) electrons. The van der Waals surface area contributed by atoms with E-state index in [2.05, 4.69) is 15.5 Å².